The van der Waals surface area contributed by atoms with Gasteiger partial charge in [-0.1, -0.05) is 7.43 Å². The molecule has 0 aromatic heterocycles. The minimum Gasteiger partial charge on any atom is -0.482 e. The summed E-state index contributed by atoms with van der Waals surface area (Å²) in [5.41, 5.74) is -0.458. The summed E-state index contributed by atoms with van der Waals surface area (Å²) in [5, 5.41) is 2.51. The fourth-order valence-corrected chi connectivity index (χ4v) is 4.78. The number of ether oxygens (including phenoxy) is 3. The van der Waals surface area contributed by atoms with Gasteiger partial charge in [-0.05, 0) is 50.7 Å². The third-order valence-corrected chi connectivity index (χ3v) is 6.84. The number of benzene rings is 1. The molecule has 1 aromatic rings. The van der Waals surface area contributed by atoms with Crippen LogP contribution >= 0.6 is 0 Å². The first-order valence-electron chi connectivity index (χ1n) is 12.6. The van der Waals surface area contributed by atoms with Gasteiger partial charge in [-0.25, -0.2) is 13.6 Å². The van der Waals surface area contributed by atoms with E-state index >= 15 is 0 Å². The minimum absolute atomic E-state index is 0. The van der Waals surface area contributed by atoms with Gasteiger partial charge in [0.2, 0.25) is 11.7 Å². The normalized spacial score (nSPS) is 23.2. The number of hydrogen-bond donors (Lipinski definition) is 1. The first-order valence-corrected chi connectivity index (χ1v) is 12.6. The molecule has 1 saturated carbocycles. The molecule has 2 fully saturated rings. The van der Waals surface area contributed by atoms with Gasteiger partial charge < -0.3 is 24.4 Å². The zero-order valence-electron chi connectivity index (χ0n) is 20.7. The van der Waals surface area contributed by atoms with E-state index in [1.54, 1.807) is 0 Å². The molecule has 1 N–H and O–H groups in total. The molecule has 216 valence electrons. The van der Waals surface area contributed by atoms with Crippen LogP contribution < -0.4 is 10.1 Å². The lowest BCUT2D eigenvalue weighted by molar-refractivity contribution is -0.145. The lowest BCUT2D eigenvalue weighted by Gasteiger charge is -2.32. The quantitative estimate of drug-likeness (QED) is 0.440. The molecule has 1 aliphatic carbocycles. The largest absolute Gasteiger partial charge is 0.482 e. The van der Waals surface area contributed by atoms with E-state index in [4.69, 9.17) is 14.2 Å². The lowest BCUT2D eigenvalue weighted by atomic mass is 9.96. The summed E-state index contributed by atoms with van der Waals surface area (Å²) in [6.45, 7) is -0.694. The molecule has 2 amide bonds. The van der Waals surface area contributed by atoms with E-state index in [9.17, 15) is 32.3 Å². The zero-order valence-corrected chi connectivity index (χ0v) is 20.7. The van der Waals surface area contributed by atoms with Crippen molar-refractivity contribution in [1.82, 2.24) is 10.2 Å². The number of nitrogens with zero attached hydrogens (tertiary/aromatic N) is 1. The molecule has 3 aliphatic rings. The van der Waals surface area contributed by atoms with Crippen LogP contribution in [0.5, 0.6) is 5.75 Å². The number of rotatable bonds is 3. The van der Waals surface area contributed by atoms with E-state index in [1.165, 1.54) is 11.0 Å². The fourth-order valence-electron chi connectivity index (χ4n) is 4.78. The standard InChI is InChI=1S/C26H29F3N2O7.CH4.H2/c27-18-11-19(28)23(29)24-17(18)8-4-10-36-22(33)12-20(21(32)14-37-24)30-25(34)15-5-3-9-31(13-15)26(35)38-16-6-1-2-7-16;;/h4,8,11,15-16,20H,1-3,5-7,9-10,12-14H2,(H,30,34);1H4;1H/b8-4+;;/t15-,20+;;/m1../s1. The number of carbonyl (C=O) groups excluding carboxylic acids is 4. The van der Waals surface area contributed by atoms with Crippen molar-refractivity contribution in [3.05, 3.63) is 35.2 Å². The number of ketones is 1. The third-order valence-electron chi connectivity index (χ3n) is 6.84. The highest BCUT2D eigenvalue weighted by Gasteiger charge is 2.34. The number of esters is 1. The Hall–Kier alpha value is -3.57. The fraction of sp³-hybridized carbons (Fsp3) is 0.556. The number of carbonyl (C=O) groups is 4. The second-order valence-corrected chi connectivity index (χ2v) is 9.58. The van der Waals surface area contributed by atoms with E-state index in [0.717, 1.165) is 31.8 Å². The van der Waals surface area contributed by atoms with Crippen LogP contribution in [0, 0.1) is 23.4 Å². The van der Waals surface area contributed by atoms with Gasteiger partial charge in [-0.2, -0.15) is 4.39 Å². The number of nitrogens with one attached hydrogen (secondary N) is 1. The van der Waals surface area contributed by atoms with Crippen molar-refractivity contribution in [3.8, 4) is 5.75 Å². The van der Waals surface area contributed by atoms with Gasteiger partial charge in [-0.3, -0.25) is 14.4 Å². The van der Waals surface area contributed by atoms with Crippen LogP contribution in [-0.2, 0) is 23.9 Å². The summed E-state index contributed by atoms with van der Waals surface area (Å²) in [6.07, 6.45) is 5.75. The number of piperidine rings is 1. The van der Waals surface area contributed by atoms with Crippen LogP contribution in [0.2, 0.25) is 0 Å². The van der Waals surface area contributed by atoms with Crippen molar-refractivity contribution in [1.29, 1.82) is 0 Å². The molecule has 1 aromatic carbocycles. The number of hydrogen-bond acceptors (Lipinski definition) is 7. The first-order chi connectivity index (χ1) is 18.2. The van der Waals surface area contributed by atoms with Crippen molar-refractivity contribution in [2.45, 2.75) is 64.5 Å². The van der Waals surface area contributed by atoms with Crippen molar-refractivity contribution in [2.75, 3.05) is 26.3 Å². The van der Waals surface area contributed by atoms with Crippen LogP contribution in [-0.4, -0.2) is 67.1 Å². The molecule has 2 atom stereocenters. The lowest BCUT2D eigenvalue weighted by Crippen LogP contribution is -2.51. The van der Waals surface area contributed by atoms with Crippen molar-refractivity contribution in [2.24, 2.45) is 5.92 Å². The van der Waals surface area contributed by atoms with Crippen molar-refractivity contribution in [3.63, 3.8) is 0 Å². The molecule has 0 spiro atoms. The molecule has 4 rings (SSSR count). The third kappa shape index (κ3) is 7.51. The number of halogens is 3. The summed E-state index contributed by atoms with van der Waals surface area (Å²) < 4.78 is 58.0. The van der Waals surface area contributed by atoms with Gasteiger partial charge in [0.15, 0.2) is 17.3 Å². The summed E-state index contributed by atoms with van der Waals surface area (Å²) >= 11 is 0. The molecular formula is C27H35F3N2O7. The maximum Gasteiger partial charge on any atom is 0.410 e. The summed E-state index contributed by atoms with van der Waals surface area (Å²) in [6, 6.07) is -1.06. The molecule has 0 bridgehead atoms. The van der Waals surface area contributed by atoms with Crippen molar-refractivity contribution >= 4 is 29.8 Å². The molecule has 1 saturated heterocycles. The first kappa shape index (κ1) is 30.0. The number of cyclic esters (lactones) is 1. The summed E-state index contributed by atoms with van der Waals surface area (Å²) in [7, 11) is 0. The van der Waals surface area contributed by atoms with Crippen LogP contribution in [0.3, 0.4) is 0 Å². The second-order valence-electron chi connectivity index (χ2n) is 9.58. The van der Waals surface area contributed by atoms with E-state index < -0.39 is 77.5 Å². The Kier molecular flexibility index (Phi) is 10.4. The van der Waals surface area contributed by atoms with Crippen LogP contribution in [0.15, 0.2) is 12.1 Å². The Morgan fingerprint density at radius 3 is 2.54 bits per heavy atom. The highest BCUT2D eigenvalue weighted by atomic mass is 19.2. The van der Waals surface area contributed by atoms with Gasteiger partial charge in [-0.15, -0.1) is 0 Å². The average molecular weight is 557 g/mol. The molecule has 2 aliphatic heterocycles. The summed E-state index contributed by atoms with van der Waals surface area (Å²) in [5.74, 6) is -7.80. The van der Waals surface area contributed by atoms with Gasteiger partial charge >= 0.3 is 12.1 Å². The highest BCUT2D eigenvalue weighted by Crippen LogP contribution is 2.30. The Morgan fingerprint density at radius 2 is 1.79 bits per heavy atom. The minimum atomic E-state index is -1.50. The van der Waals surface area contributed by atoms with Gasteiger partial charge in [0, 0.05) is 20.6 Å². The predicted octanol–water partition coefficient (Wildman–Crippen LogP) is 4.17. The van der Waals surface area contributed by atoms with Crippen LogP contribution in [0.4, 0.5) is 18.0 Å². The maximum atomic E-state index is 14.4. The molecule has 0 unspecified atom stereocenters. The van der Waals surface area contributed by atoms with Gasteiger partial charge in [0.1, 0.15) is 31.2 Å². The SMILES string of the molecule is C.O=C1C[C@H](NC(=O)[C@@H]2CCCN(C(=O)OC3CCCC3)C2)C(=O)COc2c(F)c(F)cc(F)c2/C=C/CO1.[HH]. The Labute approximate surface area is 226 Å². The van der Waals surface area contributed by atoms with Crippen LogP contribution in [0.1, 0.15) is 59.4 Å². The van der Waals surface area contributed by atoms with E-state index in [2.05, 4.69) is 5.32 Å². The maximum absolute atomic E-state index is 14.4. The molecule has 9 nitrogen and oxygen atoms in total. The number of fused-ring (bicyclic) bond motifs is 1. The van der Waals surface area contributed by atoms with Gasteiger partial charge in [0.05, 0.1) is 17.9 Å². The molecule has 2 heterocycles. The Morgan fingerprint density at radius 1 is 1.05 bits per heavy atom. The second kappa shape index (κ2) is 13.5. The van der Waals surface area contributed by atoms with E-state index in [1.807, 2.05) is 0 Å². The molecule has 12 heteroatoms. The van der Waals surface area contributed by atoms with Crippen LogP contribution in [0.25, 0.3) is 6.08 Å². The average Bonchev–Trinajstić information content (AvgIpc) is 3.40. The Balaban J connectivity index is 0.00000280. The predicted molar refractivity (Wildman–Crippen MR) is 135 cm³/mol. The topological polar surface area (TPSA) is 111 Å². The highest BCUT2D eigenvalue weighted by molar-refractivity contribution is 5.93. The van der Waals surface area contributed by atoms with Gasteiger partial charge in [0.25, 0.3) is 0 Å². The number of Topliss-reactive ketones (excluding diaryl/α,β-unsaturated/α-hetero) is 1. The number of amides is 2. The number of likely N-dealkylation sites (tertiary alicyclic amines) is 1. The summed E-state index contributed by atoms with van der Waals surface area (Å²) in [4.78, 5) is 52.2. The van der Waals surface area contributed by atoms with E-state index in [-0.39, 0.29) is 28.1 Å². The van der Waals surface area contributed by atoms with Crippen molar-refractivity contribution < 1.29 is 48.0 Å². The Bertz CT molecular complexity index is 1130. The molecular weight excluding hydrogens is 521 g/mol. The smallest absolute Gasteiger partial charge is 0.410 e. The van der Waals surface area contributed by atoms with E-state index in [0.29, 0.717) is 25.5 Å². The zero-order chi connectivity index (χ0) is 27.2. The molecule has 39 heavy (non-hydrogen) atoms. The monoisotopic (exact) mass is 556 g/mol. The molecule has 0 radical (unpaired) electrons.